The molecule has 5 heteroatoms. The molecule has 28 heavy (non-hydrogen) atoms. The fourth-order valence-corrected chi connectivity index (χ4v) is 3.48. The first-order valence-electron chi connectivity index (χ1n) is 9.94. The first-order valence-corrected chi connectivity index (χ1v) is 9.94. The third-order valence-electron chi connectivity index (χ3n) is 5.22. The Morgan fingerprint density at radius 3 is 2.32 bits per heavy atom. The summed E-state index contributed by atoms with van der Waals surface area (Å²) < 4.78 is 16.5. The van der Waals surface area contributed by atoms with Crippen LogP contribution in [-0.2, 0) is 11.3 Å². The molecule has 1 saturated carbocycles. The standard InChI is InChI=1S/C23H29NO4/c1-26-21-8-5-9-22(14-21)27-16-19-10-12-20(13-11-19)17-28-23(25)24-15-18-6-3-2-4-7-18/h2-9,14,19-20H,10-13,15-17H2,1H3,(H,24,25). The molecule has 3 rings (SSSR count). The lowest BCUT2D eigenvalue weighted by molar-refractivity contribution is 0.101. The molecule has 2 aromatic carbocycles. The summed E-state index contributed by atoms with van der Waals surface area (Å²) in [7, 11) is 1.66. The lowest BCUT2D eigenvalue weighted by atomic mass is 9.83. The van der Waals surface area contributed by atoms with E-state index in [-0.39, 0.29) is 6.09 Å². The van der Waals surface area contributed by atoms with Gasteiger partial charge in [-0.3, -0.25) is 0 Å². The summed E-state index contributed by atoms with van der Waals surface area (Å²) in [6, 6.07) is 17.5. The van der Waals surface area contributed by atoms with E-state index in [9.17, 15) is 4.79 Å². The summed E-state index contributed by atoms with van der Waals surface area (Å²) in [5, 5.41) is 2.80. The summed E-state index contributed by atoms with van der Waals surface area (Å²) in [4.78, 5) is 11.9. The molecule has 1 amide bonds. The van der Waals surface area contributed by atoms with Gasteiger partial charge >= 0.3 is 6.09 Å². The van der Waals surface area contributed by atoms with Crippen LogP contribution in [-0.4, -0.2) is 26.4 Å². The molecular weight excluding hydrogens is 354 g/mol. The topological polar surface area (TPSA) is 56.8 Å². The van der Waals surface area contributed by atoms with Gasteiger partial charge in [0.2, 0.25) is 0 Å². The summed E-state index contributed by atoms with van der Waals surface area (Å²) in [6.45, 7) is 1.70. The molecule has 0 bridgehead atoms. The first kappa shape index (κ1) is 20.1. The molecule has 0 atom stereocenters. The quantitative estimate of drug-likeness (QED) is 0.711. The van der Waals surface area contributed by atoms with Crippen molar-refractivity contribution in [3.63, 3.8) is 0 Å². The van der Waals surface area contributed by atoms with Crippen LogP contribution in [0, 0.1) is 11.8 Å². The van der Waals surface area contributed by atoms with Gasteiger partial charge in [0.15, 0.2) is 0 Å². The lowest BCUT2D eigenvalue weighted by Gasteiger charge is -2.28. The molecule has 0 heterocycles. The molecule has 1 fully saturated rings. The van der Waals surface area contributed by atoms with Crippen LogP contribution < -0.4 is 14.8 Å². The molecule has 0 aromatic heterocycles. The predicted molar refractivity (Wildman–Crippen MR) is 109 cm³/mol. The number of hydrogen-bond donors (Lipinski definition) is 1. The van der Waals surface area contributed by atoms with Crippen LogP contribution in [0.15, 0.2) is 54.6 Å². The van der Waals surface area contributed by atoms with E-state index >= 15 is 0 Å². The summed E-state index contributed by atoms with van der Waals surface area (Å²) in [6.07, 6.45) is 4.00. The van der Waals surface area contributed by atoms with Gasteiger partial charge in [-0.15, -0.1) is 0 Å². The van der Waals surface area contributed by atoms with Crippen LogP contribution in [0.1, 0.15) is 31.2 Å². The number of nitrogens with one attached hydrogen (secondary N) is 1. The summed E-state index contributed by atoms with van der Waals surface area (Å²) >= 11 is 0. The maximum atomic E-state index is 11.9. The Labute approximate surface area is 167 Å². The minimum Gasteiger partial charge on any atom is -0.497 e. The van der Waals surface area contributed by atoms with Crippen LogP contribution in [0.5, 0.6) is 11.5 Å². The van der Waals surface area contributed by atoms with Gasteiger partial charge in [-0.2, -0.15) is 0 Å². The number of ether oxygens (including phenoxy) is 3. The third-order valence-corrected chi connectivity index (χ3v) is 5.22. The van der Waals surface area contributed by atoms with E-state index in [0.717, 1.165) is 49.4 Å². The van der Waals surface area contributed by atoms with Crippen LogP contribution in [0.4, 0.5) is 4.79 Å². The van der Waals surface area contributed by atoms with Crippen molar-refractivity contribution in [3.05, 3.63) is 60.2 Å². The van der Waals surface area contributed by atoms with E-state index in [0.29, 0.717) is 25.0 Å². The van der Waals surface area contributed by atoms with Gasteiger partial charge in [-0.1, -0.05) is 36.4 Å². The molecule has 1 aliphatic rings. The highest BCUT2D eigenvalue weighted by molar-refractivity contribution is 5.67. The number of alkyl carbamates (subject to hydrolysis) is 1. The van der Waals surface area contributed by atoms with Gasteiger partial charge in [0.25, 0.3) is 0 Å². The van der Waals surface area contributed by atoms with Crippen LogP contribution in [0.2, 0.25) is 0 Å². The van der Waals surface area contributed by atoms with Crippen LogP contribution in [0.3, 0.4) is 0 Å². The molecule has 5 nitrogen and oxygen atoms in total. The van der Waals surface area contributed by atoms with Crippen molar-refractivity contribution < 1.29 is 19.0 Å². The third kappa shape index (κ3) is 6.48. The Morgan fingerprint density at radius 1 is 0.929 bits per heavy atom. The molecule has 150 valence electrons. The SMILES string of the molecule is COc1cccc(OCC2CCC(COC(=O)NCc3ccccc3)CC2)c1. The number of carbonyl (C=O) groups excluding carboxylic acids is 1. The van der Waals surface area contributed by atoms with E-state index in [2.05, 4.69) is 5.32 Å². The van der Waals surface area contributed by atoms with Crippen molar-refractivity contribution in [3.8, 4) is 11.5 Å². The minimum absolute atomic E-state index is 0.340. The number of rotatable bonds is 8. The van der Waals surface area contributed by atoms with Gasteiger partial charge in [-0.25, -0.2) is 4.79 Å². The van der Waals surface area contributed by atoms with E-state index in [1.54, 1.807) is 7.11 Å². The molecule has 1 N–H and O–H groups in total. The van der Waals surface area contributed by atoms with E-state index < -0.39 is 0 Å². The number of amides is 1. The number of hydrogen-bond acceptors (Lipinski definition) is 4. The Morgan fingerprint density at radius 2 is 1.61 bits per heavy atom. The molecule has 0 aliphatic heterocycles. The zero-order chi connectivity index (χ0) is 19.6. The Bertz CT molecular complexity index is 726. The number of methoxy groups -OCH3 is 1. The highest BCUT2D eigenvalue weighted by Crippen LogP contribution is 2.30. The Hall–Kier alpha value is -2.69. The normalized spacial score (nSPS) is 18.9. The van der Waals surface area contributed by atoms with E-state index in [4.69, 9.17) is 14.2 Å². The number of benzene rings is 2. The molecule has 2 aromatic rings. The lowest BCUT2D eigenvalue weighted by Crippen LogP contribution is -2.28. The zero-order valence-corrected chi connectivity index (χ0v) is 16.4. The first-order chi connectivity index (χ1) is 13.7. The van der Waals surface area contributed by atoms with Crippen LogP contribution >= 0.6 is 0 Å². The van der Waals surface area contributed by atoms with Crippen LogP contribution in [0.25, 0.3) is 0 Å². The van der Waals surface area contributed by atoms with E-state index in [1.165, 1.54) is 0 Å². The summed E-state index contributed by atoms with van der Waals surface area (Å²) in [5.41, 5.74) is 1.07. The van der Waals surface area contributed by atoms with Crippen molar-refractivity contribution in [2.45, 2.75) is 32.2 Å². The molecule has 0 radical (unpaired) electrons. The molecule has 0 saturated heterocycles. The molecule has 1 aliphatic carbocycles. The van der Waals surface area contributed by atoms with Gasteiger partial charge in [-0.05, 0) is 55.2 Å². The largest absolute Gasteiger partial charge is 0.497 e. The zero-order valence-electron chi connectivity index (χ0n) is 16.4. The molecule has 0 unspecified atom stereocenters. The average molecular weight is 383 g/mol. The fraction of sp³-hybridized carbons (Fsp3) is 0.435. The van der Waals surface area contributed by atoms with Gasteiger partial charge in [0.1, 0.15) is 11.5 Å². The minimum atomic E-state index is -0.340. The van der Waals surface area contributed by atoms with Crippen molar-refractivity contribution in [2.24, 2.45) is 11.8 Å². The monoisotopic (exact) mass is 383 g/mol. The van der Waals surface area contributed by atoms with Gasteiger partial charge in [0, 0.05) is 12.6 Å². The highest BCUT2D eigenvalue weighted by Gasteiger charge is 2.23. The van der Waals surface area contributed by atoms with Crippen molar-refractivity contribution in [2.75, 3.05) is 20.3 Å². The predicted octanol–water partition coefficient (Wildman–Crippen LogP) is 4.81. The van der Waals surface area contributed by atoms with Gasteiger partial charge < -0.3 is 19.5 Å². The maximum absolute atomic E-state index is 11.9. The van der Waals surface area contributed by atoms with Crippen molar-refractivity contribution >= 4 is 6.09 Å². The fourth-order valence-electron chi connectivity index (χ4n) is 3.48. The molecular formula is C23H29NO4. The number of carbonyl (C=O) groups is 1. The van der Waals surface area contributed by atoms with Gasteiger partial charge in [0.05, 0.1) is 20.3 Å². The van der Waals surface area contributed by atoms with E-state index in [1.807, 2.05) is 54.6 Å². The van der Waals surface area contributed by atoms with Crippen molar-refractivity contribution in [1.29, 1.82) is 0 Å². The second-order valence-electron chi connectivity index (χ2n) is 7.31. The smallest absolute Gasteiger partial charge is 0.407 e. The second-order valence-corrected chi connectivity index (χ2v) is 7.31. The average Bonchev–Trinajstić information content (AvgIpc) is 2.76. The second kappa shape index (κ2) is 10.6. The Balaban J connectivity index is 1.30. The highest BCUT2D eigenvalue weighted by atomic mass is 16.5. The molecule has 0 spiro atoms. The summed E-state index contributed by atoms with van der Waals surface area (Å²) in [5.74, 6) is 2.65. The maximum Gasteiger partial charge on any atom is 0.407 e. The van der Waals surface area contributed by atoms with Crippen molar-refractivity contribution in [1.82, 2.24) is 5.32 Å². The Kier molecular flexibility index (Phi) is 7.59.